The summed E-state index contributed by atoms with van der Waals surface area (Å²) in [6.45, 7) is 4.72. The lowest BCUT2D eigenvalue weighted by atomic mass is 10.1. The van der Waals surface area contributed by atoms with E-state index in [4.69, 9.17) is 16.9 Å². The maximum absolute atomic E-state index is 11.0. The average Bonchev–Trinajstić information content (AvgIpc) is 2.35. The first-order chi connectivity index (χ1) is 8.49. The summed E-state index contributed by atoms with van der Waals surface area (Å²) in [5.74, 6) is -0.194. The van der Waals surface area contributed by atoms with Crippen LogP contribution in [0.4, 0.5) is 11.4 Å². The molecule has 96 valence electrons. The molecule has 0 bridgehead atoms. The summed E-state index contributed by atoms with van der Waals surface area (Å²) in [6.07, 6.45) is 0. The van der Waals surface area contributed by atoms with Gasteiger partial charge in [0.15, 0.2) is 0 Å². The molecule has 0 aromatic heterocycles. The molecule has 0 aliphatic carbocycles. The van der Waals surface area contributed by atoms with Gasteiger partial charge in [-0.25, -0.2) is 0 Å². The number of benzene rings is 1. The third-order valence-corrected chi connectivity index (χ3v) is 2.81. The van der Waals surface area contributed by atoms with E-state index in [1.54, 1.807) is 19.1 Å². The van der Waals surface area contributed by atoms with Crippen LogP contribution in [0.25, 0.3) is 0 Å². The topological polar surface area (TPSA) is 70.2 Å². The predicted molar refractivity (Wildman–Crippen MR) is 70.8 cm³/mol. The molecule has 0 aliphatic rings. The standard InChI is InChI=1S/C12H14ClN3O2/c1-3-15(8-9(2)7-14)11-5-4-10(13)6-12(11)16(17)18/h4-6,9H,3,8H2,1-2H3. The molecule has 5 nitrogen and oxygen atoms in total. The molecule has 0 N–H and O–H groups in total. The van der Waals surface area contributed by atoms with Crippen molar-refractivity contribution in [3.63, 3.8) is 0 Å². The average molecular weight is 268 g/mol. The fourth-order valence-corrected chi connectivity index (χ4v) is 1.85. The van der Waals surface area contributed by atoms with E-state index in [1.807, 2.05) is 11.8 Å². The van der Waals surface area contributed by atoms with E-state index < -0.39 is 4.92 Å². The molecule has 0 amide bonds. The second-order valence-electron chi connectivity index (χ2n) is 3.96. The van der Waals surface area contributed by atoms with Gasteiger partial charge in [0, 0.05) is 24.2 Å². The van der Waals surface area contributed by atoms with Crippen LogP contribution in [0.2, 0.25) is 5.02 Å². The van der Waals surface area contributed by atoms with E-state index in [9.17, 15) is 10.1 Å². The molecule has 1 rings (SSSR count). The highest BCUT2D eigenvalue weighted by Gasteiger charge is 2.20. The van der Waals surface area contributed by atoms with Gasteiger partial charge in [-0.2, -0.15) is 5.26 Å². The highest BCUT2D eigenvalue weighted by Crippen LogP contribution is 2.31. The SMILES string of the molecule is CCN(CC(C)C#N)c1ccc(Cl)cc1[N+](=O)[O-]. The molecule has 1 aromatic carbocycles. The van der Waals surface area contributed by atoms with Gasteiger partial charge in [0.25, 0.3) is 5.69 Å². The number of rotatable bonds is 5. The van der Waals surface area contributed by atoms with Gasteiger partial charge in [-0.15, -0.1) is 0 Å². The Labute approximate surface area is 111 Å². The minimum absolute atomic E-state index is 0.0329. The Balaban J connectivity index is 3.13. The van der Waals surface area contributed by atoms with E-state index in [0.717, 1.165) is 0 Å². The van der Waals surface area contributed by atoms with Crippen LogP contribution in [0, 0.1) is 27.4 Å². The minimum atomic E-state index is -0.457. The van der Waals surface area contributed by atoms with Gasteiger partial charge >= 0.3 is 0 Å². The summed E-state index contributed by atoms with van der Waals surface area (Å²) in [5, 5.41) is 20.2. The second-order valence-corrected chi connectivity index (χ2v) is 4.40. The van der Waals surface area contributed by atoms with Crippen molar-refractivity contribution in [2.75, 3.05) is 18.0 Å². The van der Waals surface area contributed by atoms with Crippen LogP contribution in [0.3, 0.4) is 0 Å². The van der Waals surface area contributed by atoms with Crippen molar-refractivity contribution in [2.24, 2.45) is 5.92 Å². The number of hydrogen-bond acceptors (Lipinski definition) is 4. The van der Waals surface area contributed by atoms with Crippen LogP contribution in [0.15, 0.2) is 18.2 Å². The molecule has 0 saturated heterocycles. The van der Waals surface area contributed by atoms with Crippen molar-refractivity contribution >= 4 is 23.0 Å². The van der Waals surface area contributed by atoms with Crippen LogP contribution < -0.4 is 4.90 Å². The molecule has 1 atom stereocenters. The summed E-state index contributed by atoms with van der Waals surface area (Å²) in [4.78, 5) is 12.4. The first-order valence-electron chi connectivity index (χ1n) is 5.58. The normalized spacial score (nSPS) is 11.7. The number of halogens is 1. The van der Waals surface area contributed by atoms with E-state index in [2.05, 4.69) is 6.07 Å². The van der Waals surface area contributed by atoms with Crippen LogP contribution >= 0.6 is 11.6 Å². The van der Waals surface area contributed by atoms with Crippen molar-refractivity contribution in [1.82, 2.24) is 0 Å². The van der Waals surface area contributed by atoms with Crippen LogP contribution in [-0.4, -0.2) is 18.0 Å². The molecule has 0 fully saturated rings. The molecular formula is C12H14ClN3O2. The molecule has 0 heterocycles. The van der Waals surface area contributed by atoms with Gasteiger partial charge in [0.05, 0.1) is 16.9 Å². The molecule has 1 aromatic rings. The highest BCUT2D eigenvalue weighted by atomic mass is 35.5. The zero-order valence-corrected chi connectivity index (χ0v) is 11.0. The zero-order valence-electron chi connectivity index (χ0n) is 10.3. The van der Waals surface area contributed by atoms with E-state index in [0.29, 0.717) is 23.8 Å². The Morgan fingerprint density at radius 2 is 2.28 bits per heavy atom. The predicted octanol–water partition coefficient (Wildman–Crippen LogP) is 3.23. The van der Waals surface area contributed by atoms with Crippen molar-refractivity contribution < 1.29 is 4.92 Å². The summed E-state index contributed by atoms with van der Waals surface area (Å²) in [6, 6.07) is 6.69. The van der Waals surface area contributed by atoms with Crippen molar-refractivity contribution in [1.29, 1.82) is 5.26 Å². The Morgan fingerprint density at radius 1 is 1.61 bits per heavy atom. The highest BCUT2D eigenvalue weighted by molar-refractivity contribution is 6.30. The van der Waals surface area contributed by atoms with Crippen molar-refractivity contribution in [3.8, 4) is 6.07 Å². The number of nitro benzene ring substituents is 1. The first-order valence-corrected chi connectivity index (χ1v) is 5.95. The molecular weight excluding hydrogens is 254 g/mol. The minimum Gasteiger partial charge on any atom is -0.365 e. The van der Waals surface area contributed by atoms with Crippen LogP contribution in [-0.2, 0) is 0 Å². The number of anilines is 1. The number of nitrogens with zero attached hydrogens (tertiary/aromatic N) is 3. The summed E-state index contributed by atoms with van der Waals surface area (Å²) in [5.41, 5.74) is 0.462. The van der Waals surface area contributed by atoms with Gasteiger partial charge in [0.1, 0.15) is 5.69 Å². The van der Waals surface area contributed by atoms with E-state index in [-0.39, 0.29) is 11.6 Å². The lowest BCUT2D eigenvalue weighted by molar-refractivity contribution is -0.384. The Kier molecular flexibility index (Phi) is 4.93. The molecule has 0 spiro atoms. The molecule has 0 radical (unpaired) electrons. The van der Waals surface area contributed by atoms with E-state index in [1.165, 1.54) is 6.07 Å². The summed E-state index contributed by atoms with van der Waals surface area (Å²) in [7, 11) is 0. The lowest BCUT2D eigenvalue weighted by Gasteiger charge is -2.23. The van der Waals surface area contributed by atoms with Crippen molar-refractivity contribution in [2.45, 2.75) is 13.8 Å². The Morgan fingerprint density at radius 3 is 2.78 bits per heavy atom. The molecule has 1 unspecified atom stereocenters. The Bertz CT molecular complexity index is 485. The number of nitro groups is 1. The first kappa shape index (κ1) is 14.3. The van der Waals surface area contributed by atoms with Crippen LogP contribution in [0.5, 0.6) is 0 Å². The van der Waals surface area contributed by atoms with Gasteiger partial charge in [0.2, 0.25) is 0 Å². The quantitative estimate of drug-likeness (QED) is 0.606. The molecule has 0 aliphatic heterocycles. The number of nitriles is 1. The maximum Gasteiger partial charge on any atom is 0.294 e. The van der Waals surface area contributed by atoms with E-state index >= 15 is 0 Å². The smallest absolute Gasteiger partial charge is 0.294 e. The fraction of sp³-hybridized carbons (Fsp3) is 0.417. The third-order valence-electron chi connectivity index (χ3n) is 2.57. The largest absolute Gasteiger partial charge is 0.365 e. The maximum atomic E-state index is 11.0. The molecule has 18 heavy (non-hydrogen) atoms. The van der Waals surface area contributed by atoms with Gasteiger partial charge in [-0.05, 0) is 26.0 Å². The second kappa shape index (κ2) is 6.22. The fourth-order valence-electron chi connectivity index (χ4n) is 1.68. The molecule has 0 saturated carbocycles. The number of hydrogen-bond donors (Lipinski definition) is 0. The zero-order chi connectivity index (χ0) is 13.7. The van der Waals surface area contributed by atoms with Gasteiger partial charge in [-0.3, -0.25) is 10.1 Å². The summed E-state index contributed by atoms with van der Waals surface area (Å²) < 4.78 is 0. The lowest BCUT2D eigenvalue weighted by Crippen LogP contribution is -2.28. The van der Waals surface area contributed by atoms with Crippen LogP contribution in [0.1, 0.15) is 13.8 Å². The molecule has 6 heteroatoms. The van der Waals surface area contributed by atoms with Gasteiger partial charge in [-0.1, -0.05) is 11.6 Å². The summed E-state index contributed by atoms with van der Waals surface area (Å²) >= 11 is 5.77. The van der Waals surface area contributed by atoms with Crippen molar-refractivity contribution in [3.05, 3.63) is 33.3 Å². The Hall–Kier alpha value is -1.80. The van der Waals surface area contributed by atoms with Gasteiger partial charge < -0.3 is 4.90 Å². The third kappa shape index (κ3) is 3.34. The monoisotopic (exact) mass is 267 g/mol.